The Morgan fingerprint density at radius 3 is 2.46 bits per heavy atom. The van der Waals surface area contributed by atoms with Crippen molar-refractivity contribution >= 4 is 17.6 Å². The summed E-state index contributed by atoms with van der Waals surface area (Å²) in [5.74, 6) is -0.373. The number of carboxylic acids is 1. The topological polar surface area (TPSA) is 110 Å². The molecule has 2 N–H and O–H groups in total. The highest BCUT2D eigenvalue weighted by atomic mass is 35.5. The lowest BCUT2D eigenvalue weighted by Gasteiger charge is -2.20. The number of fused-ring (bicyclic) bond motifs is 1. The Morgan fingerprint density at radius 1 is 0.978 bits per heavy atom. The Labute approximate surface area is 267 Å². The largest absolute Gasteiger partial charge is 0.488 e. The summed E-state index contributed by atoms with van der Waals surface area (Å²) in [5.41, 5.74) is 4.95. The number of nitriles is 1. The molecule has 0 amide bonds. The maximum absolute atomic E-state index is 13.3. The van der Waals surface area contributed by atoms with Gasteiger partial charge in [0.1, 0.15) is 37.9 Å². The first-order valence-electron chi connectivity index (χ1n) is 14.1. The van der Waals surface area contributed by atoms with Crippen molar-refractivity contribution in [2.45, 2.75) is 38.9 Å². The molecule has 0 radical (unpaired) electrons. The van der Waals surface area contributed by atoms with Crippen LogP contribution in [0.15, 0.2) is 72.8 Å². The summed E-state index contributed by atoms with van der Waals surface area (Å²) in [4.78, 5) is 11.3. The van der Waals surface area contributed by atoms with E-state index in [-0.39, 0.29) is 35.3 Å². The maximum Gasteiger partial charge on any atom is 0.414 e. The number of hydrogen-bond donors (Lipinski definition) is 2. The molecule has 4 aromatic rings. The van der Waals surface area contributed by atoms with Crippen LogP contribution in [-0.2, 0) is 24.6 Å². The van der Waals surface area contributed by atoms with Crippen LogP contribution in [0.2, 0.25) is 5.02 Å². The first-order chi connectivity index (χ1) is 22.0. The number of carbonyl (C=O) groups is 1. The molecule has 12 heteroatoms. The van der Waals surface area contributed by atoms with E-state index >= 15 is 0 Å². The SMILES string of the molecule is Cc1c(COc2cc(OCc3cccc(C#N)c3)c(CNC(C(=O)O)C(F)(F)F)cc2Cl)cccc1-c1ccc2c(c1)OCCO2. The van der Waals surface area contributed by atoms with Crippen LogP contribution in [0.1, 0.15) is 27.8 Å². The second-order valence-corrected chi connectivity index (χ2v) is 10.8. The number of benzene rings is 4. The van der Waals surface area contributed by atoms with Gasteiger partial charge in [-0.05, 0) is 65.1 Å². The molecule has 4 aromatic carbocycles. The van der Waals surface area contributed by atoms with Crippen LogP contribution in [0.5, 0.6) is 23.0 Å². The molecule has 1 heterocycles. The number of carboxylic acid groups (broad SMARTS) is 1. The van der Waals surface area contributed by atoms with Gasteiger partial charge in [-0.3, -0.25) is 10.1 Å². The van der Waals surface area contributed by atoms with E-state index in [1.165, 1.54) is 12.1 Å². The van der Waals surface area contributed by atoms with Crippen molar-refractivity contribution < 1.29 is 42.0 Å². The lowest BCUT2D eigenvalue weighted by atomic mass is 9.96. The zero-order valence-electron chi connectivity index (χ0n) is 24.5. The molecule has 0 aromatic heterocycles. The van der Waals surface area contributed by atoms with Crippen molar-refractivity contribution in [3.05, 3.63) is 106 Å². The van der Waals surface area contributed by atoms with E-state index in [4.69, 9.17) is 35.7 Å². The summed E-state index contributed by atoms with van der Waals surface area (Å²) < 4.78 is 63.3. The molecule has 5 rings (SSSR count). The molecule has 0 saturated heterocycles. The number of alkyl halides is 3. The minimum atomic E-state index is -5.02. The minimum Gasteiger partial charge on any atom is -0.488 e. The molecule has 1 atom stereocenters. The van der Waals surface area contributed by atoms with Gasteiger partial charge in [-0.25, -0.2) is 0 Å². The summed E-state index contributed by atoms with van der Waals surface area (Å²) >= 11 is 6.52. The summed E-state index contributed by atoms with van der Waals surface area (Å²) in [6.45, 7) is 2.50. The van der Waals surface area contributed by atoms with Gasteiger partial charge < -0.3 is 24.1 Å². The molecule has 1 aliphatic heterocycles. The molecule has 0 bridgehead atoms. The second-order valence-electron chi connectivity index (χ2n) is 10.4. The molecular formula is C34H28ClF3N2O6. The fraction of sp³-hybridized carbons (Fsp3) is 0.235. The van der Waals surface area contributed by atoms with Gasteiger partial charge in [0.2, 0.25) is 6.04 Å². The summed E-state index contributed by atoms with van der Waals surface area (Å²) in [6.07, 6.45) is -5.02. The van der Waals surface area contributed by atoms with Crippen molar-refractivity contribution in [2.24, 2.45) is 0 Å². The van der Waals surface area contributed by atoms with E-state index in [1.54, 1.807) is 24.3 Å². The van der Waals surface area contributed by atoms with Gasteiger partial charge in [0.05, 0.1) is 16.7 Å². The number of nitrogens with zero attached hydrogens (tertiary/aromatic N) is 1. The number of aliphatic carboxylic acids is 1. The van der Waals surface area contributed by atoms with Gasteiger partial charge in [0.25, 0.3) is 0 Å². The van der Waals surface area contributed by atoms with Gasteiger partial charge in [0.15, 0.2) is 11.5 Å². The standard InChI is InChI=1S/C34H28ClF3N2O6/c1-20-24(6-3-7-26(20)23-8-9-28-31(14-23)44-11-10-43-28)19-46-30-15-29(45-18-22-5-2-4-21(12-22)16-39)25(13-27(30)35)17-40-32(33(41)42)34(36,37)38/h2-9,12-15,32,40H,10-11,17-19H2,1H3,(H,41,42). The van der Waals surface area contributed by atoms with Crippen molar-refractivity contribution in [2.75, 3.05) is 13.2 Å². The van der Waals surface area contributed by atoms with Crippen LogP contribution in [-0.4, -0.2) is 36.5 Å². The number of rotatable bonds is 11. The average Bonchev–Trinajstić information content (AvgIpc) is 3.03. The maximum atomic E-state index is 13.3. The van der Waals surface area contributed by atoms with Crippen LogP contribution >= 0.6 is 11.6 Å². The second kappa shape index (κ2) is 14.0. The predicted octanol–water partition coefficient (Wildman–Crippen LogP) is 7.22. The third-order valence-electron chi connectivity index (χ3n) is 7.32. The van der Waals surface area contributed by atoms with Crippen LogP contribution in [0, 0.1) is 18.3 Å². The fourth-order valence-electron chi connectivity index (χ4n) is 4.92. The third kappa shape index (κ3) is 7.65. The van der Waals surface area contributed by atoms with E-state index in [9.17, 15) is 23.2 Å². The molecule has 46 heavy (non-hydrogen) atoms. The van der Waals surface area contributed by atoms with E-state index in [1.807, 2.05) is 54.7 Å². The molecule has 1 unspecified atom stereocenters. The fourth-order valence-corrected chi connectivity index (χ4v) is 5.17. The highest BCUT2D eigenvalue weighted by Crippen LogP contribution is 2.38. The Kier molecular flexibility index (Phi) is 9.90. The highest BCUT2D eigenvalue weighted by Gasteiger charge is 2.45. The van der Waals surface area contributed by atoms with E-state index in [2.05, 4.69) is 0 Å². The number of ether oxygens (including phenoxy) is 4. The summed E-state index contributed by atoms with van der Waals surface area (Å²) in [6, 6.07) is 20.3. The lowest BCUT2D eigenvalue weighted by molar-refractivity contribution is -0.180. The van der Waals surface area contributed by atoms with Gasteiger partial charge in [-0.2, -0.15) is 18.4 Å². The smallest absolute Gasteiger partial charge is 0.414 e. The van der Waals surface area contributed by atoms with Gasteiger partial charge in [0, 0.05) is 18.2 Å². The molecule has 0 spiro atoms. The Balaban J connectivity index is 1.39. The van der Waals surface area contributed by atoms with E-state index in [0.29, 0.717) is 35.8 Å². The van der Waals surface area contributed by atoms with Crippen molar-refractivity contribution in [1.29, 1.82) is 5.26 Å². The van der Waals surface area contributed by atoms with Gasteiger partial charge in [-0.15, -0.1) is 0 Å². The molecule has 1 aliphatic rings. The van der Waals surface area contributed by atoms with Crippen LogP contribution in [0.3, 0.4) is 0 Å². The quantitative estimate of drug-likeness (QED) is 0.175. The van der Waals surface area contributed by atoms with Crippen molar-refractivity contribution in [3.63, 3.8) is 0 Å². The first-order valence-corrected chi connectivity index (χ1v) is 14.5. The minimum absolute atomic E-state index is 0.0259. The first kappa shape index (κ1) is 32.5. The van der Waals surface area contributed by atoms with Gasteiger partial charge in [-0.1, -0.05) is 48.0 Å². The zero-order valence-corrected chi connectivity index (χ0v) is 25.2. The average molecular weight is 653 g/mol. The Hall–Kier alpha value is -4.92. The van der Waals surface area contributed by atoms with Crippen LogP contribution in [0.4, 0.5) is 13.2 Å². The zero-order chi connectivity index (χ0) is 32.8. The molecule has 0 fully saturated rings. The highest BCUT2D eigenvalue weighted by molar-refractivity contribution is 6.32. The monoisotopic (exact) mass is 652 g/mol. The van der Waals surface area contributed by atoms with Crippen molar-refractivity contribution in [3.8, 4) is 40.2 Å². The Morgan fingerprint density at radius 2 is 1.72 bits per heavy atom. The summed E-state index contributed by atoms with van der Waals surface area (Å²) in [7, 11) is 0. The molecule has 0 aliphatic carbocycles. The molecule has 8 nitrogen and oxygen atoms in total. The predicted molar refractivity (Wildman–Crippen MR) is 163 cm³/mol. The van der Waals surface area contributed by atoms with Crippen LogP contribution < -0.4 is 24.3 Å². The van der Waals surface area contributed by atoms with Crippen molar-refractivity contribution in [1.82, 2.24) is 5.32 Å². The third-order valence-corrected chi connectivity index (χ3v) is 7.61. The van der Waals surface area contributed by atoms with Gasteiger partial charge >= 0.3 is 12.1 Å². The lowest BCUT2D eigenvalue weighted by Crippen LogP contribution is -2.47. The van der Waals surface area contributed by atoms with E-state index in [0.717, 1.165) is 22.3 Å². The molecule has 238 valence electrons. The molecular weight excluding hydrogens is 625 g/mol. The Bertz CT molecular complexity index is 1790. The summed E-state index contributed by atoms with van der Waals surface area (Å²) in [5, 5.41) is 20.4. The number of nitrogens with one attached hydrogen (secondary N) is 1. The normalized spacial score (nSPS) is 13.0. The number of hydrogen-bond acceptors (Lipinski definition) is 7. The van der Waals surface area contributed by atoms with Crippen LogP contribution in [0.25, 0.3) is 11.1 Å². The van der Waals surface area contributed by atoms with E-state index < -0.39 is 24.7 Å². The number of halogens is 4. The molecule has 0 saturated carbocycles.